The molecule has 0 saturated heterocycles. The molecule has 0 bridgehead atoms. The van der Waals surface area contributed by atoms with Crippen LogP contribution in [0.25, 0.3) is 10.8 Å². The van der Waals surface area contributed by atoms with Gasteiger partial charge in [-0.3, -0.25) is 4.98 Å². The van der Waals surface area contributed by atoms with Crippen molar-refractivity contribution in [3.63, 3.8) is 0 Å². The third kappa shape index (κ3) is 1.75. The molecule has 72 valence electrons. The summed E-state index contributed by atoms with van der Waals surface area (Å²) < 4.78 is 0. The predicted octanol–water partition coefficient (Wildman–Crippen LogP) is 2.16. The fourth-order valence-electron chi connectivity index (χ4n) is 1.69. The van der Waals surface area contributed by atoms with E-state index in [0.717, 1.165) is 5.39 Å². The highest BCUT2D eigenvalue weighted by Gasteiger charge is 2.03. The van der Waals surface area contributed by atoms with Gasteiger partial charge in [-0.15, -0.1) is 0 Å². The molecule has 1 aromatic carbocycles. The Kier molecular flexibility index (Phi) is 2.46. The van der Waals surface area contributed by atoms with E-state index >= 15 is 0 Å². The molecule has 1 aromatic heterocycles. The molecule has 2 nitrogen and oxygen atoms in total. The number of hydrogen-bond acceptors (Lipinski definition) is 2. The fourth-order valence-corrected chi connectivity index (χ4v) is 1.69. The average molecular weight is 187 g/mol. The Bertz CT molecular complexity index is 432. The number of rotatable bonds is 2. The molecule has 1 N–H and O–H groups in total. The highest BCUT2D eigenvalue weighted by Crippen LogP contribution is 2.18. The van der Waals surface area contributed by atoms with Crippen LogP contribution in [0.15, 0.2) is 36.7 Å². The number of benzene rings is 1. The van der Waals surface area contributed by atoms with Crippen LogP contribution in [0.5, 0.6) is 0 Å². The summed E-state index contributed by atoms with van der Waals surface area (Å²) in [5, 5.41) is 11.7. The van der Waals surface area contributed by atoms with Crippen LogP contribution in [-0.4, -0.2) is 16.2 Å². The lowest BCUT2D eigenvalue weighted by Gasteiger charge is -2.07. The molecule has 0 unspecified atom stereocenters. The van der Waals surface area contributed by atoms with Gasteiger partial charge in [0, 0.05) is 17.8 Å². The van der Waals surface area contributed by atoms with Gasteiger partial charge in [0.2, 0.25) is 0 Å². The van der Waals surface area contributed by atoms with E-state index in [-0.39, 0.29) is 6.10 Å². The lowest BCUT2D eigenvalue weighted by molar-refractivity contribution is 0.196. The standard InChI is InChI=1S/C12H13NO/c1-9(14)7-10-3-2-4-11-8-13-6-5-12(10)11/h2-6,8-9,14H,7H2,1H3/t9-/m1/s1. The minimum absolute atomic E-state index is 0.297. The normalized spacial score (nSPS) is 13.0. The van der Waals surface area contributed by atoms with Crippen LogP contribution in [0.2, 0.25) is 0 Å². The lowest BCUT2D eigenvalue weighted by Crippen LogP contribution is -2.04. The summed E-state index contributed by atoms with van der Waals surface area (Å²) in [6, 6.07) is 8.08. The highest BCUT2D eigenvalue weighted by molar-refractivity contribution is 5.84. The SMILES string of the molecule is C[C@@H](O)Cc1cccc2cnccc12. The number of aromatic nitrogens is 1. The van der Waals surface area contributed by atoms with Crippen LogP contribution in [0, 0.1) is 0 Å². The molecule has 0 spiro atoms. The number of aliphatic hydroxyl groups excluding tert-OH is 1. The smallest absolute Gasteiger partial charge is 0.0552 e. The largest absolute Gasteiger partial charge is 0.393 e. The van der Waals surface area contributed by atoms with Gasteiger partial charge >= 0.3 is 0 Å². The van der Waals surface area contributed by atoms with Crippen molar-refractivity contribution in [1.82, 2.24) is 4.98 Å². The molecule has 0 amide bonds. The van der Waals surface area contributed by atoms with Gasteiger partial charge in [0.25, 0.3) is 0 Å². The zero-order chi connectivity index (χ0) is 9.97. The van der Waals surface area contributed by atoms with E-state index in [1.54, 1.807) is 13.1 Å². The van der Waals surface area contributed by atoms with Crippen molar-refractivity contribution in [3.8, 4) is 0 Å². The molecule has 0 aliphatic heterocycles. The van der Waals surface area contributed by atoms with Gasteiger partial charge in [0.1, 0.15) is 0 Å². The molecule has 1 heterocycles. The zero-order valence-corrected chi connectivity index (χ0v) is 8.14. The van der Waals surface area contributed by atoms with Gasteiger partial charge in [-0.05, 0) is 30.4 Å². The third-order valence-corrected chi connectivity index (χ3v) is 2.29. The number of nitrogens with zero attached hydrogens (tertiary/aromatic N) is 1. The molecule has 0 saturated carbocycles. The maximum Gasteiger partial charge on any atom is 0.0552 e. The van der Waals surface area contributed by atoms with Gasteiger partial charge in [-0.2, -0.15) is 0 Å². The van der Waals surface area contributed by atoms with E-state index in [4.69, 9.17) is 0 Å². The van der Waals surface area contributed by atoms with E-state index in [1.165, 1.54) is 10.9 Å². The van der Waals surface area contributed by atoms with E-state index in [1.807, 2.05) is 24.4 Å². The maximum absolute atomic E-state index is 9.35. The molecular weight excluding hydrogens is 174 g/mol. The fraction of sp³-hybridized carbons (Fsp3) is 0.250. The van der Waals surface area contributed by atoms with Crippen molar-refractivity contribution < 1.29 is 5.11 Å². The number of fused-ring (bicyclic) bond motifs is 1. The Labute approximate surface area is 83.2 Å². The third-order valence-electron chi connectivity index (χ3n) is 2.29. The minimum Gasteiger partial charge on any atom is -0.393 e. The first kappa shape index (κ1) is 9.16. The van der Waals surface area contributed by atoms with Crippen molar-refractivity contribution in [2.24, 2.45) is 0 Å². The molecule has 0 aliphatic rings. The summed E-state index contributed by atoms with van der Waals surface area (Å²) in [7, 11) is 0. The first-order valence-electron chi connectivity index (χ1n) is 4.77. The monoisotopic (exact) mass is 187 g/mol. The second-order valence-electron chi connectivity index (χ2n) is 3.57. The van der Waals surface area contributed by atoms with Crippen LogP contribution in [0.4, 0.5) is 0 Å². The van der Waals surface area contributed by atoms with Gasteiger partial charge in [-0.25, -0.2) is 0 Å². The molecule has 0 radical (unpaired) electrons. The van der Waals surface area contributed by atoms with Gasteiger partial charge in [-0.1, -0.05) is 18.2 Å². The molecular formula is C12H13NO. The lowest BCUT2D eigenvalue weighted by atomic mass is 10.0. The summed E-state index contributed by atoms with van der Waals surface area (Å²) in [6.45, 7) is 1.81. The predicted molar refractivity (Wildman–Crippen MR) is 57.1 cm³/mol. The summed E-state index contributed by atoms with van der Waals surface area (Å²) in [4.78, 5) is 4.07. The summed E-state index contributed by atoms with van der Waals surface area (Å²) in [5.41, 5.74) is 1.18. The van der Waals surface area contributed by atoms with E-state index in [2.05, 4.69) is 11.1 Å². The number of aliphatic hydroxyl groups is 1. The first-order valence-corrected chi connectivity index (χ1v) is 4.77. The highest BCUT2D eigenvalue weighted by atomic mass is 16.3. The Morgan fingerprint density at radius 1 is 1.36 bits per heavy atom. The van der Waals surface area contributed by atoms with Crippen LogP contribution in [-0.2, 0) is 6.42 Å². The quantitative estimate of drug-likeness (QED) is 0.781. The van der Waals surface area contributed by atoms with Gasteiger partial charge < -0.3 is 5.11 Å². The van der Waals surface area contributed by atoms with Crippen molar-refractivity contribution in [3.05, 3.63) is 42.2 Å². The molecule has 0 fully saturated rings. The molecule has 0 aliphatic carbocycles. The Balaban J connectivity index is 2.53. The van der Waals surface area contributed by atoms with Crippen LogP contribution in [0.3, 0.4) is 0 Å². The van der Waals surface area contributed by atoms with E-state index in [0.29, 0.717) is 6.42 Å². The van der Waals surface area contributed by atoms with E-state index < -0.39 is 0 Å². The van der Waals surface area contributed by atoms with Crippen molar-refractivity contribution in [1.29, 1.82) is 0 Å². The van der Waals surface area contributed by atoms with E-state index in [9.17, 15) is 5.11 Å². The summed E-state index contributed by atoms with van der Waals surface area (Å²) in [6.07, 6.45) is 4.03. The number of pyridine rings is 1. The Morgan fingerprint density at radius 2 is 2.21 bits per heavy atom. The van der Waals surface area contributed by atoms with Crippen molar-refractivity contribution in [2.45, 2.75) is 19.4 Å². The molecule has 2 rings (SSSR count). The Hall–Kier alpha value is -1.41. The average Bonchev–Trinajstić information content (AvgIpc) is 2.18. The topological polar surface area (TPSA) is 33.1 Å². The first-order chi connectivity index (χ1) is 6.77. The van der Waals surface area contributed by atoms with Crippen LogP contribution < -0.4 is 0 Å². The molecule has 14 heavy (non-hydrogen) atoms. The maximum atomic E-state index is 9.35. The van der Waals surface area contributed by atoms with Crippen LogP contribution in [0.1, 0.15) is 12.5 Å². The summed E-state index contributed by atoms with van der Waals surface area (Å²) >= 11 is 0. The Morgan fingerprint density at radius 3 is 3.00 bits per heavy atom. The van der Waals surface area contributed by atoms with Crippen molar-refractivity contribution in [2.75, 3.05) is 0 Å². The second kappa shape index (κ2) is 3.76. The van der Waals surface area contributed by atoms with Crippen molar-refractivity contribution >= 4 is 10.8 Å². The molecule has 2 aromatic rings. The zero-order valence-electron chi connectivity index (χ0n) is 8.14. The minimum atomic E-state index is -0.297. The second-order valence-corrected chi connectivity index (χ2v) is 3.57. The molecule has 1 atom stereocenters. The van der Waals surface area contributed by atoms with Gasteiger partial charge in [0.15, 0.2) is 0 Å². The molecule has 2 heteroatoms. The van der Waals surface area contributed by atoms with Gasteiger partial charge in [0.05, 0.1) is 6.10 Å². The summed E-state index contributed by atoms with van der Waals surface area (Å²) in [5.74, 6) is 0. The number of hydrogen-bond donors (Lipinski definition) is 1. The van der Waals surface area contributed by atoms with Crippen LogP contribution >= 0.6 is 0 Å².